The van der Waals surface area contributed by atoms with Gasteiger partial charge in [0.05, 0.1) is 31.2 Å². The number of nitrogens with one attached hydrogen (secondary N) is 1. The van der Waals surface area contributed by atoms with Crippen LogP contribution in [0.1, 0.15) is 27.8 Å². The summed E-state index contributed by atoms with van der Waals surface area (Å²) in [5.74, 6) is 0.323. The van der Waals surface area contributed by atoms with E-state index in [0.29, 0.717) is 34.0 Å². The minimum atomic E-state index is -0.425. The highest BCUT2D eigenvalue weighted by Crippen LogP contribution is 2.37. The molecule has 1 aliphatic heterocycles. The molecule has 1 aliphatic rings. The lowest BCUT2D eigenvalue weighted by Crippen LogP contribution is -2.32. The molecule has 6 nitrogen and oxygen atoms in total. The fourth-order valence-corrected chi connectivity index (χ4v) is 3.96. The first-order valence-electron chi connectivity index (χ1n) is 11.0. The number of aryl methyl sites for hydroxylation is 4. The second-order valence-electron chi connectivity index (χ2n) is 8.45. The minimum Gasteiger partial charge on any atom is -0.497 e. The van der Waals surface area contributed by atoms with Crippen molar-refractivity contribution < 1.29 is 19.1 Å². The summed E-state index contributed by atoms with van der Waals surface area (Å²) < 4.78 is 10.8. The second-order valence-corrected chi connectivity index (χ2v) is 8.45. The van der Waals surface area contributed by atoms with Crippen molar-refractivity contribution in [3.05, 3.63) is 88.1 Å². The number of carbonyl (C=O) groups is 2. The molecule has 0 fully saturated rings. The van der Waals surface area contributed by atoms with Gasteiger partial charge in [-0.3, -0.25) is 9.59 Å². The van der Waals surface area contributed by atoms with Crippen LogP contribution in [0.25, 0.3) is 5.57 Å². The van der Waals surface area contributed by atoms with E-state index < -0.39 is 5.91 Å². The SMILES string of the molecule is COc1ccc(OC)c(NC2=C(c3ccc(C)c(C)c3)C(=O)N(c3ccc(C)c(C)c3)C2=O)c1. The fourth-order valence-electron chi connectivity index (χ4n) is 3.96. The smallest absolute Gasteiger partial charge is 0.282 e. The zero-order valence-corrected chi connectivity index (χ0v) is 20.3. The second kappa shape index (κ2) is 9.06. The molecule has 0 atom stereocenters. The van der Waals surface area contributed by atoms with Crippen LogP contribution in [0.3, 0.4) is 0 Å². The molecule has 3 aromatic carbocycles. The maximum atomic E-state index is 13.7. The van der Waals surface area contributed by atoms with Crippen LogP contribution in [0, 0.1) is 27.7 Å². The molecule has 0 spiro atoms. The fraction of sp³-hybridized carbons (Fsp3) is 0.214. The summed E-state index contributed by atoms with van der Waals surface area (Å²) in [6.07, 6.45) is 0. The maximum Gasteiger partial charge on any atom is 0.282 e. The highest BCUT2D eigenvalue weighted by molar-refractivity contribution is 6.46. The lowest BCUT2D eigenvalue weighted by atomic mass is 9.99. The van der Waals surface area contributed by atoms with Gasteiger partial charge in [0.15, 0.2) is 0 Å². The number of benzene rings is 3. The van der Waals surface area contributed by atoms with Crippen LogP contribution in [0.2, 0.25) is 0 Å². The van der Waals surface area contributed by atoms with Crippen LogP contribution in [-0.2, 0) is 9.59 Å². The van der Waals surface area contributed by atoms with Crippen molar-refractivity contribution in [1.29, 1.82) is 0 Å². The summed E-state index contributed by atoms with van der Waals surface area (Å²) in [5.41, 5.74) is 6.48. The molecular weight excluding hydrogens is 428 g/mol. The first-order chi connectivity index (χ1) is 16.2. The summed E-state index contributed by atoms with van der Waals surface area (Å²) >= 11 is 0. The summed E-state index contributed by atoms with van der Waals surface area (Å²) in [6.45, 7) is 7.95. The van der Waals surface area contributed by atoms with Gasteiger partial charge in [-0.05, 0) is 79.8 Å². The van der Waals surface area contributed by atoms with Gasteiger partial charge in [-0.25, -0.2) is 4.90 Å². The number of anilines is 2. The van der Waals surface area contributed by atoms with Gasteiger partial charge in [0.2, 0.25) is 0 Å². The van der Waals surface area contributed by atoms with Gasteiger partial charge in [0.25, 0.3) is 11.8 Å². The van der Waals surface area contributed by atoms with Gasteiger partial charge < -0.3 is 14.8 Å². The average Bonchev–Trinajstić information content (AvgIpc) is 3.06. The Balaban J connectivity index is 1.88. The van der Waals surface area contributed by atoms with Crippen LogP contribution >= 0.6 is 0 Å². The Morgan fingerprint density at radius 3 is 2.00 bits per heavy atom. The molecule has 0 saturated carbocycles. The third-order valence-corrected chi connectivity index (χ3v) is 6.29. The molecule has 174 valence electrons. The molecule has 1 heterocycles. The number of carbonyl (C=O) groups excluding carboxylic acids is 2. The van der Waals surface area contributed by atoms with Crippen molar-refractivity contribution >= 4 is 28.8 Å². The predicted molar refractivity (Wildman–Crippen MR) is 134 cm³/mol. The summed E-state index contributed by atoms with van der Waals surface area (Å²) in [4.78, 5) is 28.7. The maximum absolute atomic E-state index is 13.7. The number of nitrogens with zero attached hydrogens (tertiary/aromatic N) is 1. The molecule has 0 aliphatic carbocycles. The number of methoxy groups -OCH3 is 2. The van der Waals surface area contributed by atoms with Gasteiger partial charge in [0.1, 0.15) is 17.2 Å². The molecular formula is C28H28N2O4. The van der Waals surface area contributed by atoms with Gasteiger partial charge >= 0.3 is 0 Å². The normalized spacial score (nSPS) is 13.5. The number of amides is 2. The average molecular weight is 457 g/mol. The first kappa shape index (κ1) is 23.1. The van der Waals surface area contributed by atoms with E-state index in [1.165, 1.54) is 4.90 Å². The van der Waals surface area contributed by atoms with Crippen molar-refractivity contribution in [2.24, 2.45) is 0 Å². The molecule has 0 bridgehead atoms. The number of hydrogen-bond donors (Lipinski definition) is 1. The van der Waals surface area contributed by atoms with E-state index in [0.717, 1.165) is 22.3 Å². The Labute approximate surface area is 199 Å². The molecule has 34 heavy (non-hydrogen) atoms. The van der Waals surface area contributed by atoms with Crippen molar-refractivity contribution in [3.8, 4) is 11.5 Å². The van der Waals surface area contributed by atoms with Gasteiger partial charge in [-0.1, -0.05) is 24.3 Å². The van der Waals surface area contributed by atoms with Crippen LogP contribution in [0.4, 0.5) is 11.4 Å². The quantitative estimate of drug-likeness (QED) is 0.508. The van der Waals surface area contributed by atoms with E-state index in [2.05, 4.69) is 5.32 Å². The van der Waals surface area contributed by atoms with E-state index in [-0.39, 0.29) is 11.6 Å². The lowest BCUT2D eigenvalue weighted by molar-refractivity contribution is -0.120. The largest absolute Gasteiger partial charge is 0.497 e. The summed E-state index contributed by atoms with van der Waals surface area (Å²) in [7, 11) is 3.12. The molecule has 4 rings (SSSR count). The number of hydrogen-bond acceptors (Lipinski definition) is 5. The van der Waals surface area contributed by atoms with E-state index in [9.17, 15) is 9.59 Å². The topological polar surface area (TPSA) is 67.9 Å². The molecule has 0 saturated heterocycles. The molecule has 6 heteroatoms. The third kappa shape index (κ3) is 4.03. The Morgan fingerprint density at radius 2 is 1.38 bits per heavy atom. The first-order valence-corrected chi connectivity index (χ1v) is 11.0. The lowest BCUT2D eigenvalue weighted by Gasteiger charge is -2.17. The van der Waals surface area contributed by atoms with Crippen LogP contribution < -0.4 is 19.7 Å². The summed E-state index contributed by atoms with van der Waals surface area (Å²) in [5, 5.41) is 3.19. The van der Waals surface area contributed by atoms with E-state index >= 15 is 0 Å². The van der Waals surface area contributed by atoms with Crippen molar-refractivity contribution in [3.63, 3.8) is 0 Å². The van der Waals surface area contributed by atoms with Crippen molar-refractivity contribution in [2.75, 3.05) is 24.4 Å². The molecule has 0 radical (unpaired) electrons. The Kier molecular flexibility index (Phi) is 6.16. The molecule has 0 aromatic heterocycles. The molecule has 1 N–H and O–H groups in total. The van der Waals surface area contributed by atoms with E-state index in [4.69, 9.17) is 9.47 Å². The number of imide groups is 1. The number of rotatable bonds is 6. The molecule has 2 amide bonds. The zero-order valence-electron chi connectivity index (χ0n) is 20.3. The van der Waals surface area contributed by atoms with Gasteiger partial charge in [0, 0.05) is 6.07 Å². The molecule has 3 aromatic rings. The van der Waals surface area contributed by atoms with Gasteiger partial charge in [-0.2, -0.15) is 0 Å². The van der Waals surface area contributed by atoms with Crippen LogP contribution in [-0.4, -0.2) is 26.0 Å². The van der Waals surface area contributed by atoms with Crippen LogP contribution in [0.5, 0.6) is 11.5 Å². The Morgan fingerprint density at radius 1 is 0.706 bits per heavy atom. The predicted octanol–water partition coefficient (Wildman–Crippen LogP) is 5.33. The summed E-state index contributed by atoms with van der Waals surface area (Å²) in [6, 6.07) is 16.6. The number of ether oxygens (including phenoxy) is 2. The Bertz CT molecular complexity index is 1340. The minimum absolute atomic E-state index is 0.193. The Hall–Kier alpha value is -4.06. The highest BCUT2D eigenvalue weighted by atomic mass is 16.5. The third-order valence-electron chi connectivity index (χ3n) is 6.29. The van der Waals surface area contributed by atoms with E-state index in [1.807, 2.05) is 58.0 Å². The van der Waals surface area contributed by atoms with Gasteiger partial charge in [-0.15, -0.1) is 0 Å². The van der Waals surface area contributed by atoms with Crippen molar-refractivity contribution in [2.45, 2.75) is 27.7 Å². The standard InChI is InChI=1S/C28H28N2O4/c1-16-7-9-20(13-18(16)3)25-26(29-23-15-22(33-5)11-12-24(23)34-6)28(32)30(27(25)31)21-10-8-17(2)19(4)14-21/h7-15,29H,1-6H3. The molecule has 0 unspecified atom stereocenters. The zero-order chi connectivity index (χ0) is 24.6. The monoisotopic (exact) mass is 456 g/mol. The highest BCUT2D eigenvalue weighted by Gasteiger charge is 2.40. The van der Waals surface area contributed by atoms with E-state index in [1.54, 1.807) is 38.5 Å². The van der Waals surface area contributed by atoms with Crippen molar-refractivity contribution in [1.82, 2.24) is 0 Å². The van der Waals surface area contributed by atoms with Crippen LogP contribution in [0.15, 0.2) is 60.3 Å².